The van der Waals surface area contributed by atoms with Crippen molar-refractivity contribution in [3.8, 4) is 5.88 Å². The molecule has 1 atom stereocenters. The number of H-pyrrole nitrogens is 1. The van der Waals surface area contributed by atoms with Gasteiger partial charge in [0.2, 0.25) is 5.88 Å². The fraction of sp³-hybridized carbons (Fsp3) is 0.0769. The van der Waals surface area contributed by atoms with E-state index in [1.807, 2.05) is 18.2 Å². The number of ether oxygens (including phenoxy) is 1. The van der Waals surface area contributed by atoms with Gasteiger partial charge in [-0.15, -0.1) is 5.10 Å². The molecule has 3 aromatic rings. The number of pyridine rings is 1. The zero-order valence-corrected chi connectivity index (χ0v) is 10.4. The van der Waals surface area contributed by atoms with Crippen LogP contribution in [0, 0.1) is 5.21 Å². The van der Waals surface area contributed by atoms with E-state index in [0.717, 1.165) is 11.2 Å². The Labute approximate surface area is 114 Å². The number of aromatic amines is 1. The van der Waals surface area contributed by atoms with Gasteiger partial charge < -0.3 is 9.94 Å². The van der Waals surface area contributed by atoms with Gasteiger partial charge >= 0.3 is 0 Å². The van der Waals surface area contributed by atoms with Crippen molar-refractivity contribution in [1.82, 2.24) is 15.2 Å². The second-order valence-corrected chi connectivity index (χ2v) is 4.20. The first-order valence-corrected chi connectivity index (χ1v) is 5.98. The number of benzene rings is 1. The van der Waals surface area contributed by atoms with Crippen molar-refractivity contribution >= 4 is 16.6 Å². The summed E-state index contributed by atoms with van der Waals surface area (Å²) in [7, 11) is 0. The van der Waals surface area contributed by atoms with Crippen molar-refractivity contribution in [3.05, 3.63) is 53.5 Å². The normalized spacial score (nSPS) is 12.5. The summed E-state index contributed by atoms with van der Waals surface area (Å²) < 4.78 is 5.58. The van der Waals surface area contributed by atoms with Crippen molar-refractivity contribution in [1.29, 1.82) is 0 Å². The lowest BCUT2D eigenvalue weighted by atomic mass is 10.2. The second kappa shape index (κ2) is 5.25. The summed E-state index contributed by atoms with van der Waals surface area (Å²) >= 11 is 0. The molecule has 20 heavy (non-hydrogen) atoms. The topological polar surface area (TPSA) is 98.5 Å². The number of hydrogen-bond donors (Lipinski definition) is 3. The van der Waals surface area contributed by atoms with E-state index in [2.05, 4.69) is 15.2 Å². The molecule has 7 heteroatoms. The monoisotopic (exact) mass is 272 g/mol. The van der Waals surface area contributed by atoms with Gasteiger partial charge in [-0.25, -0.2) is 5.21 Å². The Morgan fingerprint density at radius 3 is 2.95 bits per heavy atom. The molecule has 0 bridgehead atoms. The molecule has 0 saturated heterocycles. The summed E-state index contributed by atoms with van der Waals surface area (Å²) in [6.07, 6.45) is 1.68. The van der Waals surface area contributed by atoms with Gasteiger partial charge in [-0.2, -0.15) is 5.23 Å². The van der Waals surface area contributed by atoms with Crippen LogP contribution in [0.2, 0.25) is 0 Å². The van der Waals surface area contributed by atoms with Crippen molar-refractivity contribution in [3.63, 3.8) is 0 Å². The van der Waals surface area contributed by atoms with Crippen LogP contribution in [-0.4, -0.2) is 20.4 Å². The average molecular weight is 272 g/mol. The van der Waals surface area contributed by atoms with Crippen LogP contribution in [0.3, 0.4) is 0 Å². The minimum absolute atomic E-state index is 0.196. The van der Waals surface area contributed by atoms with Crippen LogP contribution in [-0.2, 0) is 6.61 Å². The SMILES string of the molecule is [O-][NH+](O)c1ccc2[nH]nc(OCc3ccccn3)c2c1. The van der Waals surface area contributed by atoms with Crippen molar-refractivity contribution in [2.24, 2.45) is 0 Å². The van der Waals surface area contributed by atoms with E-state index in [1.54, 1.807) is 12.3 Å². The predicted octanol–water partition coefficient (Wildman–Crippen LogP) is 0.940. The van der Waals surface area contributed by atoms with E-state index in [4.69, 9.17) is 9.94 Å². The summed E-state index contributed by atoms with van der Waals surface area (Å²) in [4.78, 5) is 4.15. The van der Waals surface area contributed by atoms with Crippen LogP contribution in [0.1, 0.15) is 5.69 Å². The lowest BCUT2D eigenvalue weighted by Gasteiger charge is -2.11. The highest BCUT2D eigenvalue weighted by molar-refractivity contribution is 5.85. The van der Waals surface area contributed by atoms with Crippen LogP contribution in [0.4, 0.5) is 5.69 Å². The molecule has 0 fully saturated rings. The Balaban J connectivity index is 1.86. The molecule has 3 rings (SSSR count). The Morgan fingerprint density at radius 1 is 1.30 bits per heavy atom. The van der Waals surface area contributed by atoms with Crippen LogP contribution in [0.5, 0.6) is 5.88 Å². The van der Waals surface area contributed by atoms with Gasteiger partial charge in [-0.3, -0.25) is 10.1 Å². The van der Waals surface area contributed by atoms with Crippen LogP contribution < -0.4 is 9.96 Å². The van der Waals surface area contributed by atoms with E-state index in [1.165, 1.54) is 12.1 Å². The third kappa shape index (κ3) is 2.45. The Bertz CT molecular complexity index is 712. The van der Waals surface area contributed by atoms with Crippen LogP contribution in [0.15, 0.2) is 42.6 Å². The zero-order valence-electron chi connectivity index (χ0n) is 10.4. The van der Waals surface area contributed by atoms with E-state index < -0.39 is 5.23 Å². The highest BCUT2D eigenvalue weighted by atomic mass is 16.8. The quantitative estimate of drug-likeness (QED) is 0.614. The highest BCUT2D eigenvalue weighted by Crippen LogP contribution is 2.24. The molecule has 2 heterocycles. The summed E-state index contributed by atoms with van der Waals surface area (Å²) in [6.45, 7) is 0.276. The third-order valence-corrected chi connectivity index (χ3v) is 2.86. The Morgan fingerprint density at radius 2 is 2.20 bits per heavy atom. The summed E-state index contributed by atoms with van der Waals surface area (Å²) in [5.74, 6) is 0.369. The summed E-state index contributed by atoms with van der Waals surface area (Å²) in [5.41, 5.74) is 1.70. The molecule has 0 aliphatic carbocycles. The maximum Gasteiger partial charge on any atom is 0.241 e. The molecule has 1 aromatic carbocycles. The standard InChI is InChI=1S/C13H12N4O3/c18-17(19)10-4-5-12-11(7-10)13(16-15-12)20-8-9-3-1-2-6-14-9/h1-7,17-18H,8H2,(H,15,16). The molecule has 0 amide bonds. The molecule has 0 spiro atoms. The summed E-state index contributed by atoms with van der Waals surface area (Å²) in [6, 6.07) is 10.3. The molecule has 0 saturated carbocycles. The third-order valence-electron chi connectivity index (χ3n) is 2.86. The maximum absolute atomic E-state index is 11.0. The number of rotatable bonds is 4. The largest absolute Gasteiger partial charge is 0.595 e. The average Bonchev–Trinajstić information content (AvgIpc) is 2.88. The number of aromatic nitrogens is 3. The highest BCUT2D eigenvalue weighted by Gasteiger charge is 2.10. The number of fused-ring (bicyclic) bond motifs is 1. The van der Waals surface area contributed by atoms with E-state index in [9.17, 15) is 5.21 Å². The van der Waals surface area contributed by atoms with Gasteiger partial charge in [0, 0.05) is 18.3 Å². The molecule has 102 valence electrons. The molecule has 3 N–H and O–H groups in total. The molecule has 0 aliphatic heterocycles. The van der Waals surface area contributed by atoms with Crippen LogP contribution >= 0.6 is 0 Å². The first-order valence-electron chi connectivity index (χ1n) is 5.98. The molecule has 2 aromatic heterocycles. The predicted molar refractivity (Wildman–Crippen MR) is 70.4 cm³/mol. The van der Waals surface area contributed by atoms with Crippen molar-refractivity contribution in [2.45, 2.75) is 6.61 Å². The number of nitrogens with one attached hydrogen (secondary N) is 2. The number of nitrogens with zero attached hydrogens (tertiary/aromatic N) is 2. The number of quaternary nitrogens is 1. The van der Waals surface area contributed by atoms with Crippen LogP contribution in [0.25, 0.3) is 10.9 Å². The maximum atomic E-state index is 11.0. The Kier molecular flexibility index (Phi) is 3.30. The Hall–Kier alpha value is -2.48. The van der Waals surface area contributed by atoms with Gasteiger partial charge in [-0.1, -0.05) is 6.07 Å². The van der Waals surface area contributed by atoms with Gasteiger partial charge in [0.05, 0.1) is 16.6 Å². The molecule has 1 unspecified atom stereocenters. The lowest BCUT2D eigenvalue weighted by Crippen LogP contribution is -2.99. The fourth-order valence-electron chi connectivity index (χ4n) is 1.86. The molecule has 7 nitrogen and oxygen atoms in total. The van der Waals surface area contributed by atoms with Crippen molar-refractivity contribution in [2.75, 3.05) is 0 Å². The van der Waals surface area contributed by atoms with E-state index >= 15 is 0 Å². The summed E-state index contributed by atoms with van der Waals surface area (Å²) in [5, 5.41) is 26.5. The molecular weight excluding hydrogens is 260 g/mol. The van der Waals surface area contributed by atoms with Gasteiger partial charge in [0.25, 0.3) is 0 Å². The zero-order chi connectivity index (χ0) is 13.9. The first-order chi connectivity index (χ1) is 9.74. The van der Waals surface area contributed by atoms with Gasteiger partial charge in [0.15, 0.2) is 5.69 Å². The van der Waals surface area contributed by atoms with E-state index in [0.29, 0.717) is 11.3 Å². The van der Waals surface area contributed by atoms with Gasteiger partial charge in [0.1, 0.15) is 6.61 Å². The lowest BCUT2D eigenvalue weighted by molar-refractivity contribution is -0.991. The van der Waals surface area contributed by atoms with Gasteiger partial charge in [-0.05, 0) is 18.2 Å². The van der Waals surface area contributed by atoms with E-state index in [-0.39, 0.29) is 12.3 Å². The minimum atomic E-state index is -0.983. The smallest absolute Gasteiger partial charge is 0.241 e. The minimum Gasteiger partial charge on any atom is -0.595 e. The van der Waals surface area contributed by atoms with Crippen molar-refractivity contribution < 1.29 is 15.2 Å². The molecule has 0 radical (unpaired) electrons. The fourth-order valence-corrected chi connectivity index (χ4v) is 1.86. The second-order valence-electron chi connectivity index (χ2n) is 4.20. The molecule has 0 aliphatic rings. The molecular formula is C13H12N4O3. The number of hydrogen-bond acceptors (Lipinski definition) is 5. The first kappa shape index (κ1) is 12.5.